The van der Waals surface area contributed by atoms with Crippen LogP contribution in [0.4, 0.5) is 0 Å². The summed E-state index contributed by atoms with van der Waals surface area (Å²) in [5.74, 6) is -0.924. The fourth-order valence-corrected chi connectivity index (χ4v) is 2.39. The lowest BCUT2D eigenvalue weighted by Crippen LogP contribution is -2.13. The van der Waals surface area contributed by atoms with Crippen LogP contribution >= 0.6 is 27.5 Å². The SMILES string of the molecule is COC(=O)c1cc(Cl)ccc1OC(=O)c1cc(Br)ccc1OC. The molecule has 7 heteroatoms. The predicted octanol–water partition coefficient (Wildman–Crippen LogP) is 4.12. The van der Waals surface area contributed by atoms with Crippen LogP contribution < -0.4 is 9.47 Å². The highest BCUT2D eigenvalue weighted by molar-refractivity contribution is 9.10. The van der Waals surface area contributed by atoms with E-state index in [0.717, 1.165) is 0 Å². The van der Waals surface area contributed by atoms with E-state index >= 15 is 0 Å². The Bertz CT molecular complexity index is 760. The van der Waals surface area contributed by atoms with Crippen LogP contribution in [0.3, 0.4) is 0 Å². The zero-order valence-corrected chi connectivity index (χ0v) is 14.6. The summed E-state index contributed by atoms with van der Waals surface area (Å²) >= 11 is 9.15. The van der Waals surface area contributed by atoms with Gasteiger partial charge in [-0.1, -0.05) is 27.5 Å². The Balaban J connectivity index is 2.38. The van der Waals surface area contributed by atoms with Gasteiger partial charge in [-0.3, -0.25) is 0 Å². The lowest BCUT2D eigenvalue weighted by molar-refractivity contribution is 0.0593. The maximum Gasteiger partial charge on any atom is 0.347 e. The molecule has 0 aliphatic rings. The molecular weight excluding hydrogens is 388 g/mol. The average Bonchev–Trinajstić information content (AvgIpc) is 2.55. The first-order valence-corrected chi connectivity index (χ1v) is 7.57. The second-order valence-corrected chi connectivity index (χ2v) is 5.72. The second-order valence-electron chi connectivity index (χ2n) is 4.37. The number of carbonyl (C=O) groups excluding carboxylic acids is 2. The van der Waals surface area contributed by atoms with Gasteiger partial charge in [-0.2, -0.15) is 0 Å². The highest BCUT2D eigenvalue weighted by Gasteiger charge is 2.20. The van der Waals surface area contributed by atoms with E-state index in [2.05, 4.69) is 20.7 Å². The predicted molar refractivity (Wildman–Crippen MR) is 88.4 cm³/mol. The van der Waals surface area contributed by atoms with Crippen LogP contribution in [0.5, 0.6) is 11.5 Å². The molecule has 0 amide bonds. The van der Waals surface area contributed by atoms with Crippen molar-refractivity contribution in [1.29, 1.82) is 0 Å². The van der Waals surface area contributed by atoms with Crippen molar-refractivity contribution in [3.8, 4) is 11.5 Å². The van der Waals surface area contributed by atoms with Gasteiger partial charge in [0, 0.05) is 9.50 Å². The number of carbonyl (C=O) groups is 2. The van der Waals surface area contributed by atoms with Crippen molar-refractivity contribution in [2.75, 3.05) is 14.2 Å². The molecule has 120 valence electrons. The number of esters is 2. The molecule has 0 aliphatic carbocycles. The van der Waals surface area contributed by atoms with Gasteiger partial charge in [-0.25, -0.2) is 9.59 Å². The summed E-state index contributed by atoms with van der Waals surface area (Å²) in [6.07, 6.45) is 0. The Labute approximate surface area is 146 Å². The van der Waals surface area contributed by atoms with Gasteiger partial charge in [0.25, 0.3) is 0 Å². The molecule has 2 rings (SSSR count). The van der Waals surface area contributed by atoms with Gasteiger partial charge in [0.05, 0.1) is 14.2 Å². The molecule has 0 aromatic heterocycles. The van der Waals surface area contributed by atoms with Gasteiger partial charge >= 0.3 is 11.9 Å². The van der Waals surface area contributed by atoms with Crippen LogP contribution in [0.2, 0.25) is 5.02 Å². The van der Waals surface area contributed by atoms with E-state index in [1.165, 1.54) is 32.4 Å². The zero-order chi connectivity index (χ0) is 17.0. The Morgan fingerprint density at radius 2 is 1.61 bits per heavy atom. The summed E-state index contributed by atoms with van der Waals surface area (Å²) in [6.45, 7) is 0. The Kier molecular flexibility index (Phi) is 5.63. The number of hydrogen-bond acceptors (Lipinski definition) is 5. The summed E-state index contributed by atoms with van der Waals surface area (Å²) in [7, 11) is 2.67. The van der Waals surface area contributed by atoms with Crippen molar-refractivity contribution in [3.63, 3.8) is 0 Å². The first-order valence-electron chi connectivity index (χ1n) is 6.40. The minimum atomic E-state index is -0.671. The molecule has 2 aromatic rings. The minimum absolute atomic E-state index is 0.0493. The molecule has 0 N–H and O–H groups in total. The smallest absolute Gasteiger partial charge is 0.347 e. The van der Waals surface area contributed by atoms with Crippen molar-refractivity contribution in [3.05, 3.63) is 57.0 Å². The molecule has 23 heavy (non-hydrogen) atoms. The fraction of sp³-hybridized carbons (Fsp3) is 0.125. The average molecular weight is 400 g/mol. The topological polar surface area (TPSA) is 61.8 Å². The molecule has 0 fully saturated rings. The molecule has 0 saturated carbocycles. The number of hydrogen-bond donors (Lipinski definition) is 0. The first kappa shape index (κ1) is 17.3. The van der Waals surface area contributed by atoms with Gasteiger partial charge in [0.2, 0.25) is 0 Å². The van der Waals surface area contributed by atoms with Crippen LogP contribution in [0.15, 0.2) is 40.9 Å². The van der Waals surface area contributed by atoms with Gasteiger partial charge in [-0.15, -0.1) is 0 Å². The number of rotatable bonds is 4. The van der Waals surface area contributed by atoms with Crippen LogP contribution in [-0.2, 0) is 4.74 Å². The second kappa shape index (κ2) is 7.48. The van der Waals surface area contributed by atoms with Crippen molar-refractivity contribution >= 4 is 39.5 Å². The lowest BCUT2D eigenvalue weighted by atomic mass is 10.2. The number of benzene rings is 2. The minimum Gasteiger partial charge on any atom is -0.496 e. The first-order chi connectivity index (χ1) is 11.0. The fourth-order valence-electron chi connectivity index (χ4n) is 1.86. The third-order valence-corrected chi connectivity index (χ3v) is 3.66. The quantitative estimate of drug-likeness (QED) is 0.572. The Morgan fingerprint density at radius 1 is 0.957 bits per heavy atom. The van der Waals surface area contributed by atoms with Crippen molar-refractivity contribution in [1.82, 2.24) is 0 Å². The van der Waals surface area contributed by atoms with Crippen molar-refractivity contribution in [2.45, 2.75) is 0 Å². The highest BCUT2D eigenvalue weighted by atomic mass is 79.9. The molecule has 0 unspecified atom stereocenters. The maximum atomic E-state index is 12.4. The van der Waals surface area contributed by atoms with E-state index in [0.29, 0.717) is 15.2 Å². The molecular formula is C16H12BrClO5. The molecule has 5 nitrogen and oxygen atoms in total. The van der Waals surface area contributed by atoms with Gasteiger partial charge in [0.15, 0.2) is 0 Å². The number of ether oxygens (including phenoxy) is 3. The summed E-state index contributed by atoms with van der Waals surface area (Å²) in [4.78, 5) is 24.2. The lowest BCUT2D eigenvalue weighted by Gasteiger charge is -2.11. The maximum absolute atomic E-state index is 12.4. The number of halogens is 2. The van der Waals surface area contributed by atoms with Crippen LogP contribution in [0.1, 0.15) is 20.7 Å². The Hall–Kier alpha value is -2.05. The normalized spacial score (nSPS) is 10.1. The van der Waals surface area contributed by atoms with Gasteiger partial charge < -0.3 is 14.2 Å². The van der Waals surface area contributed by atoms with Crippen LogP contribution in [-0.4, -0.2) is 26.2 Å². The Morgan fingerprint density at radius 3 is 2.26 bits per heavy atom. The molecule has 0 radical (unpaired) electrons. The summed E-state index contributed by atoms with van der Waals surface area (Å²) < 4.78 is 15.8. The van der Waals surface area contributed by atoms with Crippen molar-refractivity contribution < 1.29 is 23.8 Å². The summed E-state index contributed by atoms with van der Waals surface area (Å²) in [6, 6.07) is 9.23. The largest absolute Gasteiger partial charge is 0.496 e. The van der Waals surface area contributed by atoms with Crippen LogP contribution in [0.25, 0.3) is 0 Å². The molecule has 0 heterocycles. The molecule has 0 saturated heterocycles. The molecule has 0 aliphatic heterocycles. The third-order valence-electron chi connectivity index (χ3n) is 2.93. The molecule has 0 atom stereocenters. The van der Waals surface area contributed by atoms with E-state index in [1.807, 2.05) is 0 Å². The van der Waals surface area contributed by atoms with E-state index in [-0.39, 0.29) is 16.9 Å². The van der Waals surface area contributed by atoms with Crippen molar-refractivity contribution in [2.24, 2.45) is 0 Å². The monoisotopic (exact) mass is 398 g/mol. The van der Waals surface area contributed by atoms with Gasteiger partial charge in [0.1, 0.15) is 22.6 Å². The number of methoxy groups -OCH3 is 2. The summed E-state index contributed by atoms with van der Waals surface area (Å²) in [5.41, 5.74) is 0.273. The summed E-state index contributed by atoms with van der Waals surface area (Å²) in [5, 5.41) is 0.324. The van der Waals surface area contributed by atoms with E-state index in [4.69, 9.17) is 21.1 Å². The standard InChI is InChI=1S/C16H12BrClO5/c1-21-13-5-3-9(17)7-11(13)16(20)23-14-6-4-10(18)8-12(14)15(19)22-2/h3-8H,1-2H3. The van der Waals surface area contributed by atoms with E-state index in [9.17, 15) is 9.59 Å². The van der Waals surface area contributed by atoms with E-state index in [1.54, 1.807) is 18.2 Å². The van der Waals surface area contributed by atoms with Gasteiger partial charge in [-0.05, 0) is 36.4 Å². The highest BCUT2D eigenvalue weighted by Crippen LogP contribution is 2.28. The zero-order valence-electron chi connectivity index (χ0n) is 12.3. The van der Waals surface area contributed by atoms with E-state index < -0.39 is 11.9 Å². The molecule has 0 spiro atoms. The molecule has 2 aromatic carbocycles. The third kappa shape index (κ3) is 4.03. The molecule has 0 bridgehead atoms. The van der Waals surface area contributed by atoms with Crippen LogP contribution in [0, 0.1) is 0 Å².